The smallest absolute Gasteiger partial charge is 0.272 e. The summed E-state index contributed by atoms with van der Waals surface area (Å²) in [5.74, 6) is -0.283. The lowest BCUT2D eigenvalue weighted by molar-refractivity contribution is 0.0634. The molecule has 1 aliphatic rings. The van der Waals surface area contributed by atoms with Gasteiger partial charge in [0.25, 0.3) is 11.5 Å². The van der Waals surface area contributed by atoms with E-state index in [0.717, 1.165) is 19.4 Å². The van der Waals surface area contributed by atoms with Crippen LogP contribution >= 0.6 is 0 Å². The zero-order chi connectivity index (χ0) is 23.7. The second kappa shape index (κ2) is 9.00. The van der Waals surface area contributed by atoms with Crippen LogP contribution in [0.1, 0.15) is 34.3 Å². The third kappa shape index (κ3) is 4.30. The Morgan fingerprint density at radius 2 is 2.06 bits per heavy atom. The zero-order valence-electron chi connectivity index (χ0n) is 18.8. The molecule has 170 valence electrons. The van der Waals surface area contributed by atoms with Crippen molar-refractivity contribution in [3.05, 3.63) is 69.5 Å². The second-order valence-corrected chi connectivity index (χ2v) is 8.48. The van der Waals surface area contributed by atoms with Crippen molar-refractivity contribution in [2.24, 2.45) is 0 Å². The number of aromatic nitrogens is 3. The lowest BCUT2D eigenvalue weighted by Crippen LogP contribution is -2.47. The molecule has 3 aromatic rings. The number of nitrogens with one attached hydrogen (secondary N) is 1. The minimum atomic E-state index is -0.641. The van der Waals surface area contributed by atoms with Crippen LogP contribution in [-0.2, 0) is 0 Å². The molecule has 8 nitrogen and oxygen atoms in total. The Bertz CT molecular complexity index is 1290. The number of H-pyrrole nitrogens is 1. The molecule has 0 spiro atoms. The van der Waals surface area contributed by atoms with Gasteiger partial charge in [0, 0.05) is 31.5 Å². The number of amides is 1. The fourth-order valence-electron chi connectivity index (χ4n) is 4.17. The second-order valence-electron chi connectivity index (χ2n) is 8.48. The summed E-state index contributed by atoms with van der Waals surface area (Å²) in [6.07, 6.45) is 5.07. The molecule has 1 N–H and O–H groups in total. The van der Waals surface area contributed by atoms with Gasteiger partial charge in [-0.15, -0.1) is 0 Å². The van der Waals surface area contributed by atoms with Crippen molar-refractivity contribution in [2.75, 3.05) is 27.2 Å². The molecule has 0 bridgehead atoms. The first-order valence-electron chi connectivity index (χ1n) is 10.7. The van der Waals surface area contributed by atoms with Crippen molar-refractivity contribution in [1.82, 2.24) is 24.6 Å². The third-order valence-corrected chi connectivity index (χ3v) is 6.18. The van der Waals surface area contributed by atoms with Crippen LogP contribution in [0, 0.1) is 24.1 Å². The van der Waals surface area contributed by atoms with E-state index in [9.17, 15) is 14.0 Å². The lowest BCUT2D eigenvalue weighted by Gasteiger charge is -2.36. The highest BCUT2D eigenvalue weighted by atomic mass is 19.1. The monoisotopic (exact) mass is 448 g/mol. The van der Waals surface area contributed by atoms with Crippen molar-refractivity contribution in [3.8, 4) is 23.0 Å². The highest BCUT2D eigenvalue weighted by Gasteiger charge is 2.26. The standard InChI is InChI=1S/C24H25FN6O2/c1-15-19(8-6-16(11-26)22(15)25)20-14-31(28-23(20)32)21-9-7-17(12-27-21)24(33)30-10-4-5-18(13-30)29(2)3/h6-9,12,14,18H,4-5,10,13H2,1-3H3,(H,28,32)/t18-/m1/s1. The third-order valence-electron chi connectivity index (χ3n) is 6.18. The van der Waals surface area contributed by atoms with Gasteiger partial charge >= 0.3 is 0 Å². The predicted octanol–water partition coefficient (Wildman–Crippen LogP) is 2.71. The molecular formula is C24H25FN6O2. The normalized spacial score (nSPS) is 16.1. The Balaban J connectivity index is 1.57. The molecule has 1 amide bonds. The number of hydrogen-bond acceptors (Lipinski definition) is 5. The minimum Gasteiger partial charge on any atom is -0.337 e. The molecule has 9 heteroatoms. The lowest BCUT2D eigenvalue weighted by atomic mass is 10.0. The Kier molecular flexibility index (Phi) is 6.11. The average molecular weight is 449 g/mol. The summed E-state index contributed by atoms with van der Waals surface area (Å²) in [6, 6.07) is 8.40. The van der Waals surface area contributed by atoms with Crippen LogP contribution in [0.4, 0.5) is 4.39 Å². The summed E-state index contributed by atoms with van der Waals surface area (Å²) < 4.78 is 15.8. The molecule has 1 saturated heterocycles. The average Bonchev–Trinajstić information content (AvgIpc) is 3.21. The molecule has 4 rings (SSSR count). The van der Waals surface area contributed by atoms with Gasteiger partial charge in [0.05, 0.1) is 16.7 Å². The first-order valence-corrected chi connectivity index (χ1v) is 10.7. The maximum atomic E-state index is 14.4. The molecular weight excluding hydrogens is 423 g/mol. The van der Waals surface area contributed by atoms with Crippen LogP contribution in [0.2, 0.25) is 0 Å². The molecule has 0 radical (unpaired) electrons. The number of hydrogen-bond donors (Lipinski definition) is 1. The van der Waals surface area contributed by atoms with E-state index < -0.39 is 11.4 Å². The van der Waals surface area contributed by atoms with Gasteiger partial charge in [-0.3, -0.25) is 14.7 Å². The number of pyridine rings is 1. The number of carbonyl (C=O) groups excluding carboxylic acids is 1. The Morgan fingerprint density at radius 1 is 1.27 bits per heavy atom. The minimum absolute atomic E-state index is 0.0639. The Hall–Kier alpha value is -3.77. The van der Waals surface area contributed by atoms with Gasteiger partial charge in [-0.25, -0.2) is 14.1 Å². The van der Waals surface area contributed by atoms with E-state index in [-0.39, 0.29) is 22.6 Å². The highest BCUT2D eigenvalue weighted by molar-refractivity contribution is 5.94. The zero-order valence-corrected chi connectivity index (χ0v) is 18.8. The number of benzene rings is 1. The van der Waals surface area contributed by atoms with Crippen molar-refractivity contribution >= 4 is 5.91 Å². The molecule has 2 aromatic heterocycles. The number of halogens is 1. The number of nitrogens with zero attached hydrogens (tertiary/aromatic N) is 5. The predicted molar refractivity (Wildman–Crippen MR) is 122 cm³/mol. The molecule has 0 saturated carbocycles. The molecule has 1 aliphatic heterocycles. The van der Waals surface area contributed by atoms with E-state index >= 15 is 0 Å². The summed E-state index contributed by atoms with van der Waals surface area (Å²) in [7, 11) is 4.05. The van der Waals surface area contributed by atoms with Gasteiger partial charge in [-0.1, -0.05) is 6.07 Å². The highest BCUT2D eigenvalue weighted by Crippen LogP contribution is 2.25. The summed E-state index contributed by atoms with van der Waals surface area (Å²) in [4.78, 5) is 33.8. The molecule has 0 aliphatic carbocycles. The molecule has 1 aromatic carbocycles. The van der Waals surface area contributed by atoms with Gasteiger partial charge in [-0.2, -0.15) is 5.26 Å². The first kappa shape index (κ1) is 22.4. The number of aromatic amines is 1. The number of likely N-dealkylation sites (N-methyl/N-ethyl adjacent to an activating group) is 1. The van der Waals surface area contributed by atoms with E-state index in [1.165, 1.54) is 30.1 Å². The summed E-state index contributed by atoms with van der Waals surface area (Å²) in [6.45, 7) is 2.93. The van der Waals surface area contributed by atoms with Gasteiger partial charge in [0.2, 0.25) is 0 Å². The van der Waals surface area contributed by atoms with Gasteiger partial charge in [0.15, 0.2) is 5.82 Å². The SMILES string of the molecule is Cc1c(-c2cn(-c3ccc(C(=O)N4CCC[C@@H](N(C)C)C4)cn3)[nH]c2=O)ccc(C#N)c1F. The van der Waals surface area contributed by atoms with E-state index in [1.54, 1.807) is 24.3 Å². The maximum Gasteiger partial charge on any atom is 0.272 e. The Labute approximate surface area is 190 Å². The van der Waals surface area contributed by atoms with Crippen LogP contribution in [0.15, 0.2) is 41.5 Å². The number of piperidine rings is 1. The molecule has 33 heavy (non-hydrogen) atoms. The van der Waals surface area contributed by atoms with Crippen LogP contribution in [0.3, 0.4) is 0 Å². The topological polar surface area (TPSA) is 98.0 Å². The van der Waals surface area contributed by atoms with Gasteiger partial charge in [-0.05, 0) is 63.2 Å². The molecule has 1 fully saturated rings. The fourth-order valence-corrected chi connectivity index (χ4v) is 4.17. The van der Waals surface area contributed by atoms with Crippen LogP contribution in [0.5, 0.6) is 0 Å². The van der Waals surface area contributed by atoms with Crippen LogP contribution in [-0.4, -0.2) is 63.7 Å². The van der Waals surface area contributed by atoms with Crippen LogP contribution in [0.25, 0.3) is 16.9 Å². The van der Waals surface area contributed by atoms with Crippen molar-refractivity contribution in [3.63, 3.8) is 0 Å². The van der Waals surface area contributed by atoms with E-state index in [1.807, 2.05) is 19.0 Å². The van der Waals surface area contributed by atoms with Gasteiger partial charge in [0.1, 0.15) is 11.9 Å². The number of rotatable bonds is 4. The fraction of sp³-hybridized carbons (Fsp3) is 0.333. The van der Waals surface area contributed by atoms with Gasteiger partial charge < -0.3 is 9.80 Å². The van der Waals surface area contributed by atoms with E-state index in [0.29, 0.717) is 29.5 Å². The largest absolute Gasteiger partial charge is 0.337 e. The Morgan fingerprint density at radius 3 is 2.73 bits per heavy atom. The summed E-state index contributed by atoms with van der Waals surface area (Å²) >= 11 is 0. The van der Waals surface area contributed by atoms with Crippen molar-refractivity contribution < 1.29 is 9.18 Å². The molecule has 1 atom stereocenters. The number of nitriles is 1. The van der Waals surface area contributed by atoms with Crippen molar-refractivity contribution in [1.29, 1.82) is 5.26 Å². The van der Waals surface area contributed by atoms with Crippen LogP contribution < -0.4 is 5.56 Å². The number of carbonyl (C=O) groups is 1. The summed E-state index contributed by atoms with van der Waals surface area (Å²) in [5, 5.41) is 11.7. The molecule has 0 unspecified atom stereocenters. The van der Waals surface area contributed by atoms with E-state index in [2.05, 4.69) is 15.0 Å². The van der Waals surface area contributed by atoms with E-state index in [4.69, 9.17) is 5.26 Å². The quantitative estimate of drug-likeness (QED) is 0.662. The van der Waals surface area contributed by atoms with Crippen molar-refractivity contribution in [2.45, 2.75) is 25.8 Å². The first-order chi connectivity index (χ1) is 15.8. The maximum absolute atomic E-state index is 14.4. The summed E-state index contributed by atoms with van der Waals surface area (Å²) in [5.41, 5.74) is 0.897. The molecule has 3 heterocycles. The number of likely N-dealkylation sites (tertiary alicyclic amines) is 1.